The first-order valence-corrected chi connectivity index (χ1v) is 4.69. The van der Waals surface area contributed by atoms with E-state index in [0.717, 1.165) is 23.2 Å². The second-order valence-corrected chi connectivity index (χ2v) is 3.23. The Kier molecular flexibility index (Phi) is 2.08. The first-order valence-electron chi connectivity index (χ1n) is 4.69. The fraction of sp³-hybridized carbons (Fsp3) is 0.273. The molecule has 2 N–H and O–H groups in total. The highest BCUT2D eigenvalue weighted by atomic mass is 16.5. The molecule has 0 saturated carbocycles. The Hall–Kier alpha value is -1.64. The molecule has 2 aromatic rings. The van der Waals surface area contributed by atoms with Gasteiger partial charge in [0.1, 0.15) is 0 Å². The van der Waals surface area contributed by atoms with E-state index in [9.17, 15) is 0 Å². The second kappa shape index (κ2) is 3.25. The van der Waals surface area contributed by atoms with Crippen LogP contribution in [0.15, 0.2) is 24.4 Å². The van der Waals surface area contributed by atoms with E-state index in [1.54, 1.807) is 7.11 Å². The number of nitrogens with two attached hydrogens (primary N) is 1. The average molecular weight is 190 g/mol. The van der Waals surface area contributed by atoms with E-state index >= 15 is 0 Å². The van der Waals surface area contributed by atoms with Gasteiger partial charge in [0.2, 0.25) is 0 Å². The van der Waals surface area contributed by atoms with Gasteiger partial charge in [0.25, 0.3) is 0 Å². The fourth-order valence-electron chi connectivity index (χ4n) is 1.76. The molecule has 0 aliphatic rings. The molecule has 0 amide bonds. The summed E-state index contributed by atoms with van der Waals surface area (Å²) in [5.41, 5.74) is 7.61. The van der Waals surface area contributed by atoms with Crippen molar-refractivity contribution in [2.75, 3.05) is 12.8 Å². The minimum Gasteiger partial charge on any atom is -0.492 e. The summed E-state index contributed by atoms with van der Waals surface area (Å²) < 4.78 is 7.44. The van der Waals surface area contributed by atoms with Crippen LogP contribution in [0.4, 0.5) is 5.69 Å². The molecule has 2 rings (SSSR count). The quantitative estimate of drug-likeness (QED) is 0.738. The minimum atomic E-state index is 0.688. The highest BCUT2D eigenvalue weighted by Gasteiger charge is 2.09. The SMILES string of the molecule is CCn1ccc2ccc(N)c(OC)c21. The zero-order chi connectivity index (χ0) is 10.1. The summed E-state index contributed by atoms with van der Waals surface area (Å²) in [6.07, 6.45) is 2.05. The highest BCUT2D eigenvalue weighted by Crippen LogP contribution is 2.32. The van der Waals surface area contributed by atoms with Gasteiger partial charge < -0.3 is 15.0 Å². The van der Waals surface area contributed by atoms with Crippen molar-refractivity contribution in [1.29, 1.82) is 0 Å². The van der Waals surface area contributed by atoms with Crippen molar-refractivity contribution < 1.29 is 4.74 Å². The van der Waals surface area contributed by atoms with Crippen molar-refractivity contribution >= 4 is 16.6 Å². The first-order chi connectivity index (χ1) is 6.77. The van der Waals surface area contributed by atoms with Gasteiger partial charge in [-0.2, -0.15) is 0 Å². The predicted molar refractivity (Wildman–Crippen MR) is 58.6 cm³/mol. The molecule has 3 heteroatoms. The molecule has 0 radical (unpaired) electrons. The van der Waals surface area contributed by atoms with E-state index in [1.807, 2.05) is 18.3 Å². The Labute approximate surface area is 83.1 Å². The third kappa shape index (κ3) is 1.13. The average Bonchev–Trinajstić information content (AvgIpc) is 2.61. The monoisotopic (exact) mass is 190 g/mol. The Bertz CT molecular complexity index is 460. The molecule has 0 aliphatic carbocycles. The summed E-state index contributed by atoms with van der Waals surface area (Å²) in [5.74, 6) is 0.773. The number of methoxy groups -OCH3 is 1. The van der Waals surface area contributed by atoms with Gasteiger partial charge in [-0.3, -0.25) is 0 Å². The molecule has 0 fully saturated rings. The van der Waals surface area contributed by atoms with Crippen molar-refractivity contribution in [3.8, 4) is 5.75 Å². The van der Waals surface area contributed by atoms with Crippen LogP contribution >= 0.6 is 0 Å². The fourth-order valence-corrected chi connectivity index (χ4v) is 1.76. The Balaban J connectivity index is 2.81. The largest absolute Gasteiger partial charge is 0.492 e. The molecule has 3 nitrogen and oxygen atoms in total. The van der Waals surface area contributed by atoms with E-state index in [0.29, 0.717) is 5.69 Å². The van der Waals surface area contributed by atoms with Gasteiger partial charge in [-0.05, 0) is 19.1 Å². The number of anilines is 1. The van der Waals surface area contributed by atoms with Crippen molar-refractivity contribution in [1.82, 2.24) is 4.57 Å². The lowest BCUT2D eigenvalue weighted by molar-refractivity contribution is 0.419. The smallest absolute Gasteiger partial charge is 0.165 e. The lowest BCUT2D eigenvalue weighted by atomic mass is 10.2. The maximum absolute atomic E-state index is 5.84. The molecule has 0 atom stereocenters. The number of benzene rings is 1. The number of aryl methyl sites for hydroxylation is 1. The molecule has 74 valence electrons. The van der Waals surface area contributed by atoms with E-state index in [4.69, 9.17) is 10.5 Å². The molecule has 0 saturated heterocycles. The Morgan fingerprint density at radius 1 is 1.36 bits per heavy atom. The second-order valence-electron chi connectivity index (χ2n) is 3.23. The molecule has 0 bridgehead atoms. The van der Waals surface area contributed by atoms with Crippen LogP contribution in [-0.2, 0) is 6.54 Å². The number of nitrogen functional groups attached to an aromatic ring is 1. The number of rotatable bonds is 2. The standard InChI is InChI=1S/C11H14N2O/c1-3-13-7-6-8-4-5-9(12)11(14-2)10(8)13/h4-7H,3,12H2,1-2H3. The summed E-state index contributed by atoms with van der Waals surface area (Å²) in [5, 5.41) is 1.16. The van der Waals surface area contributed by atoms with Crippen LogP contribution in [0.5, 0.6) is 5.75 Å². The number of ether oxygens (including phenoxy) is 1. The van der Waals surface area contributed by atoms with E-state index in [1.165, 1.54) is 0 Å². The Morgan fingerprint density at radius 3 is 2.79 bits per heavy atom. The van der Waals surface area contributed by atoms with Gasteiger partial charge in [0.05, 0.1) is 18.3 Å². The summed E-state index contributed by atoms with van der Waals surface area (Å²) in [7, 11) is 1.65. The van der Waals surface area contributed by atoms with Crippen molar-refractivity contribution in [3.05, 3.63) is 24.4 Å². The van der Waals surface area contributed by atoms with Crippen LogP contribution in [0.3, 0.4) is 0 Å². The van der Waals surface area contributed by atoms with Crippen LogP contribution in [0.25, 0.3) is 10.9 Å². The van der Waals surface area contributed by atoms with Crippen molar-refractivity contribution in [2.24, 2.45) is 0 Å². The van der Waals surface area contributed by atoms with Gasteiger partial charge in [0, 0.05) is 18.1 Å². The third-order valence-corrected chi connectivity index (χ3v) is 2.46. The lowest BCUT2D eigenvalue weighted by Gasteiger charge is -2.09. The molecule has 0 aliphatic heterocycles. The molecule has 1 aromatic carbocycles. The summed E-state index contributed by atoms with van der Waals surface area (Å²) in [4.78, 5) is 0. The minimum absolute atomic E-state index is 0.688. The number of aromatic nitrogens is 1. The molecular formula is C11H14N2O. The Morgan fingerprint density at radius 2 is 2.14 bits per heavy atom. The van der Waals surface area contributed by atoms with Gasteiger partial charge >= 0.3 is 0 Å². The normalized spacial score (nSPS) is 10.7. The topological polar surface area (TPSA) is 40.2 Å². The summed E-state index contributed by atoms with van der Waals surface area (Å²) >= 11 is 0. The lowest BCUT2D eigenvalue weighted by Crippen LogP contribution is -1.97. The van der Waals surface area contributed by atoms with Crippen LogP contribution < -0.4 is 10.5 Å². The summed E-state index contributed by atoms with van der Waals surface area (Å²) in [6.45, 7) is 3.02. The van der Waals surface area contributed by atoms with Crippen LogP contribution in [-0.4, -0.2) is 11.7 Å². The van der Waals surface area contributed by atoms with Crippen LogP contribution in [0.2, 0.25) is 0 Å². The van der Waals surface area contributed by atoms with Gasteiger partial charge in [-0.15, -0.1) is 0 Å². The van der Waals surface area contributed by atoms with E-state index < -0.39 is 0 Å². The molecule has 1 aromatic heterocycles. The van der Waals surface area contributed by atoms with Crippen LogP contribution in [0.1, 0.15) is 6.92 Å². The first kappa shape index (κ1) is 8.94. The van der Waals surface area contributed by atoms with E-state index in [-0.39, 0.29) is 0 Å². The van der Waals surface area contributed by atoms with E-state index in [2.05, 4.69) is 17.6 Å². The number of fused-ring (bicyclic) bond motifs is 1. The van der Waals surface area contributed by atoms with Gasteiger partial charge in [0.15, 0.2) is 5.75 Å². The van der Waals surface area contributed by atoms with Crippen molar-refractivity contribution in [3.63, 3.8) is 0 Å². The number of hydrogen-bond donors (Lipinski definition) is 1. The molecule has 14 heavy (non-hydrogen) atoms. The number of nitrogens with zero attached hydrogens (tertiary/aromatic N) is 1. The molecule has 0 unspecified atom stereocenters. The predicted octanol–water partition coefficient (Wildman–Crippen LogP) is 2.25. The summed E-state index contributed by atoms with van der Waals surface area (Å²) in [6, 6.07) is 5.96. The highest BCUT2D eigenvalue weighted by molar-refractivity contribution is 5.90. The molecular weight excluding hydrogens is 176 g/mol. The molecule has 0 spiro atoms. The third-order valence-electron chi connectivity index (χ3n) is 2.46. The van der Waals surface area contributed by atoms with Gasteiger partial charge in [-0.25, -0.2) is 0 Å². The molecule has 1 heterocycles. The number of hydrogen-bond acceptors (Lipinski definition) is 2. The maximum Gasteiger partial charge on any atom is 0.165 e. The zero-order valence-corrected chi connectivity index (χ0v) is 8.45. The zero-order valence-electron chi connectivity index (χ0n) is 8.45. The maximum atomic E-state index is 5.84. The van der Waals surface area contributed by atoms with Crippen molar-refractivity contribution in [2.45, 2.75) is 13.5 Å². The van der Waals surface area contributed by atoms with Crippen LogP contribution in [0, 0.1) is 0 Å². The van der Waals surface area contributed by atoms with Gasteiger partial charge in [-0.1, -0.05) is 6.07 Å².